The quantitative estimate of drug-likeness (QED) is 0.128. The summed E-state index contributed by atoms with van der Waals surface area (Å²) < 4.78 is 30.8. The van der Waals surface area contributed by atoms with Crippen LogP contribution in [-0.4, -0.2) is 81.4 Å². The van der Waals surface area contributed by atoms with Crippen molar-refractivity contribution in [3.8, 4) is 17.2 Å². The van der Waals surface area contributed by atoms with Gasteiger partial charge in [-0.05, 0) is 53.1 Å². The van der Waals surface area contributed by atoms with Gasteiger partial charge in [0.25, 0.3) is 11.5 Å². The van der Waals surface area contributed by atoms with Crippen molar-refractivity contribution in [3.63, 3.8) is 0 Å². The molecule has 1 saturated heterocycles. The van der Waals surface area contributed by atoms with Gasteiger partial charge in [0.15, 0.2) is 24.0 Å². The Hall–Kier alpha value is -6.06. The summed E-state index contributed by atoms with van der Waals surface area (Å²) in [4.78, 5) is 36.6. The van der Waals surface area contributed by atoms with E-state index < -0.39 is 41.6 Å². The van der Waals surface area contributed by atoms with Gasteiger partial charge in [-0.3, -0.25) is 24.5 Å². The van der Waals surface area contributed by atoms with Crippen LogP contribution >= 0.6 is 0 Å². The molecule has 0 radical (unpaired) electrons. The maximum atomic E-state index is 13.0. The van der Waals surface area contributed by atoms with Crippen LogP contribution in [0.25, 0.3) is 11.2 Å². The molecule has 1 amide bonds. The van der Waals surface area contributed by atoms with E-state index in [1.165, 1.54) is 10.9 Å². The Bertz CT molecular complexity index is 2160. The molecule has 0 spiro atoms. The summed E-state index contributed by atoms with van der Waals surface area (Å²) in [5.74, 6) is 1.09. The van der Waals surface area contributed by atoms with Gasteiger partial charge in [-0.25, -0.2) is 4.98 Å². The number of imidazole rings is 1. The average Bonchev–Trinajstić information content (AvgIpc) is 3.75. The van der Waals surface area contributed by atoms with E-state index in [0.29, 0.717) is 17.2 Å². The molecule has 1 aliphatic heterocycles. The van der Waals surface area contributed by atoms with E-state index in [1.807, 2.05) is 84.9 Å². The number of methoxy groups -OCH3 is 2. The van der Waals surface area contributed by atoms with Crippen molar-refractivity contribution in [2.75, 3.05) is 32.8 Å². The first-order chi connectivity index (χ1) is 25.8. The number of carbonyl (C=O) groups excluding carboxylic acids is 1. The molecule has 1 fully saturated rings. The molecule has 3 heterocycles. The van der Waals surface area contributed by atoms with Crippen LogP contribution in [0, 0.1) is 0 Å². The van der Waals surface area contributed by atoms with Gasteiger partial charge in [0.05, 0.1) is 27.2 Å². The molecule has 4 atom stereocenters. The van der Waals surface area contributed by atoms with E-state index >= 15 is 0 Å². The fraction of sp³-hybridized carbons (Fsp3) is 0.231. The minimum Gasteiger partial charge on any atom is -0.497 e. The number of aromatic amines is 1. The number of nitrogens with zero attached hydrogens (tertiary/aromatic N) is 3. The van der Waals surface area contributed by atoms with E-state index in [4.69, 9.17) is 23.7 Å². The van der Waals surface area contributed by atoms with Crippen LogP contribution in [0.1, 0.15) is 22.9 Å². The molecule has 0 bridgehead atoms. The highest BCUT2D eigenvalue weighted by Gasteiger charge is 2.47. The predicted molar refractivity (Wildman–Crippen MR) is 193 cm³/mol. The second-order valence-electron chi connectivity index (χ2n) is 12.2. The first-order valence-electron chi connectivity index (χ1n) is 16.8. The summed E-state index contributed by atoms with van der Waals surface area (Å²) >= 11 is 0. The highest BCUT2D eigenvalue weighted by molar-refractivity contribution is 5.90. The van der Waals surface area contributed by atoms with Crippen molar-refractivity contribution in [2.45, 2.75) is 30.1 Å². The topological polar surface area (TPSA) is 179 Å². The summed E-state index contributed by atoms with van der Waals surface area (Å²) in [6, 6.07) is 33.4. The number of para-hydroxylation sites is 1. The number of aliphatic hydroxyl groups excluding tert-OH is 2. The highest BCUT2D eigenvalue weighted by atomic mass is 16.6. The molecule has 4 aromatic carbocycles. The van der Waals surface area contributed by atoms with Crippen LogP contribution in [0.5, 0.6) is 17.2 Å². The monoisotopic (exact) mass is 719 g/mol. The normalized spacial score (nSPS) is 18.5. The number of hydrogen-bond donors (Lipinski definition) is 4. The van der Waals surface area contributed by atoms with Crippen LogP contribution < -0.4 is 25.1 Å². The first-order valence-corrected chi connectivity index (χ1v) is 16.8. The Morgan fingerprint density at radius 1 is 0.830 bits per heavy atom. The molecule has 2 unspecified atom stereocenters. The number of amides is 1. The summed E-state index contributed by atoms with van der Waals surface area (Å²) in [6.45, 7) is -0.508. The summed E-state index contributed by atoms with van der Waals surface area (Å²) in [5.41, 5.74) is 0.454. The molecule has 0 saturated carbocycles. The lowest BCUT2D eigenvalue weighted by atomic mass is 9.80. The van der Waals surface area contributed by atoms with Gasteiger partial charge < -0.3 is 33.9 Å². The minimum absolute atomic E-state index is 0.0148. The summed E-state index contributed by atoms with van der Waals surface area (Å²) in [5, 5.41) is 25.2. The molecule has 4 N–H and O–H groups in total. The number of benzene rings is 4. The number of H-pyrrole nitrogens is 1. The zero-order valence-corrected chi connectivity index (χ0v) is 28.8. The molecule has 1 aliphatic rings. The van der Waals surface area contributed by atoms with Gasteiger partial charge in [0, 0.05) is 0 Å². The molecule has 53 heavy (non-hydrogen) atoms. The van der Waals surface area contributed by atoms with Crippen LogP contribution in [0.15, 0.2) is 120 Å². The molecular weight excluding hydrogens is 682 g/mol. The van der Waals surface area contributed by atoms with Crippen LogP contribution in [0.3, 0.4) is 0 Å². The van der Waals surface area contributed by atoms with Gasteiger partial charge in [0.1, 0.15) is 41.2 Å². The van der Waals surface area contributed by atoms with Crippen LogP contribution in [0.2, 0.25) is 0 Å². The number of anilines is 1. The van der Waals surface area contributed by atoms with Gasteiger partial charge in [0.2, 0.25) is 5.95 Å². The maximum absolute atomic E-state index is 13.0. The summed E-state index contributed by atoms with van der Waals surface area (Å²) in [7, 11) is 3.18. The number of ether oxygens (including phenoxy) is 5. The van der Waals surface area contributed by atoms with Crippen molar-refractivity contribution in [3.05, 3.63) is 143 Å². The Morgan fingerprint density at radius 3 is 2.02 bits per heavy atom. The van der Waals surface area contributed by atoms with Crippen LogP contribution in [0.4, 0.5) is 5.95 Å². The summed E-state index contributed by atoms with van der Waals surface area (Å²) in [6.07, 6.45) is -3.84. The lowest BCUT2D eigenvalue weighted by Gasteiger charge is -2.37. The second kappa shape index (κ2) is 15.3. The Morgan fingerprint density at radius 2 is 1.42 bits per heavy atom. The van der Waals surface area contributed by atoms with Crippen LogP contribution in [-0.2, 0) is 19.9 Å². The third kappa shape index (κ3) is 7.08. The standard InChI is InChI=1S/C39H37N5O9/c1-49-27-17-13-25(14-18-27)39(24-9-5-3-6-10-24,26-15-19-28(50-2)20-16-26)52-21-30-33(46)34(47)37(53-30)44-23-40-32-35(44)42-38(43-36(32)48)41-31(45)22-51-29-11-7-4-8-12-29/h3-20,23,30,33-34,37,46-47H,21-22H2,1-2H3,(H2,41,42,43,45,48)/t30-,33?,34?,37-/m1/s1. The van der Waals surface area contributed by atoms with Crippen molar-refractivity contribution in [1.29, 1.82) is 0 Å². The molecule has 14 heteroatoms. The van der Waals surface area contributed by atoms with Gasteiger partial charge >= 0.3 is 0 Å². The van der Waals surface area contributed by atoms with Crippen molar-refractivity contribution in [1.82, 2.24) is 19.5 Å². The number of aliphatic hydroxyl groups is 2. The van der Waals surface area contributed by atoms with E-state index in [1.54, 1.807) is 38.5 Å². The molecule has 2 aromatic heterocycles. The van der Waals surface area contributed by atoms with Crippen molar-refractivity contribution >= 4 is 23.0 Å². The van der Waals surface area contributed by atoms with Gasteiger partial charge in [-0.15, -0.1) is 0 Å². The lowest BCUT2D eigenvalue weighted by Crippen LogP contribution is -2.39. The molecule has 0 aliphatic carbocycles. The average molecular weight is 720 g/mol. The van der Waals surface area contributed by atoms with E-state index in [2.05, 4.69) is 20.3 Å². The molecule has 7 rings (SSSR count). The van der Waals surface area contributed by atoms with E-state index in [-0.39, 0.29) is 30.3 Å². The number of hydrogen-bond acceptors (Lipinski definition) is 11. The molecular formula is C39H37N5O9. The Labute approximate surface area is 303 Å². The zero-order chi connectivity index (χ0) is 37.0. The van der Waals surface area contributed by atoms with Gasteiger partial charge in [-0.1, -0.05) is 72.8 Å². The number of aromatic nitrogens is 4. The SMILES string of the molecule is COc1ccc(C(OC[C@H]2O[C@@H](n3cnc4c(=O)[nH]c(NC(=O)COc5ccccc5)nc43)C(O)C2O)(c2ccccc2)c2ccc(OC)cc2)cc1. The molecule has 272 valence electrons. The third-order valence-electron chi connectivity index (χ3n) is 9.05. The second-order valence-corrected chi connectivity index (χ2v) is 12.2. The Balaban J connectivity index is 1.17. The highest BCUT2D eigenvalue weighted by Crippen LogP contribution is 2.43. The van der Waals surface area contributed by atoms with Crippen molar-refractivity contribution < 1.29 is 38.7 Å². The smallest absolute Gasteiger partial charge is 0.280 e. The van der Waals surface area contributed by atoms with E-state index in [9.17, 15) is 19.8 Å². The number of rotatable bonds is 13. The molecule has 14 nitrogen and oxygen atoms in total. The van der Waals surface area contributed by atoms with E-state index in [0.717, 1.165) is 16.7 Å². The zero-order valence-electron chi connectivity index (χ0n) is 28.8. The Kier molecular flexibility index (Phi) is 10.2. The fourth-order valence-corrected chi connectivity index (χ4v) is 6.38. The maximum Gasteiger partial charge on any atom is 0.280 e. The third-order valence-corrected chi connectivity index (χ3v) is 9.05. The first kappa shape index (κ1) is 35.3. The number of carbonyl (C=O) groups is 1. The molecule has 6 aromatic rings. The number of fused-ring (bicyclic) bond motifs is 1. The van der Waals surface area contributed by atoms with Crippen molar-refractivity contribution in [2.24, 2.45) is 0 Å². The predicted octanol–water partition coefficient (Wildman–Crippen LogP) is 3.78. The number of nitrogens with one attached hydrogen (secondary N) is 2. The fourth-order valence-electron chi connectivity index (χ4n) is 6.38. The lowest BCUT2D eigenvalue weighted by molar-refractivity contribution is -0.118. The minimum atomic E-state index is -1.47. The van der Waals surface area contributed by atoms with Gasteiger partial charge in [-0.2, -0.15) is 4.98 Å². The largest absolute Gasteiger partial charge is 0.497 e.